The van der Waals surface area contributed by atoms with E-state index in [4.69, 9.17) is 9.88 Å². The van der Waals surface area contributed by atoms with Gasteiger partial charge in [-0.1, -0.05) is 51.0 Å². The van der Waals surface area contributed by atoms with Gasteiger partial charge in [-0.25, -0.2) is 13.6 Å². The first-order valence-corrected chi connectivity index (χ1v) is 14.6. The highest BCUT2D eigenvalue weighted by Gasteiger charge is 2.27. The van der Waals surface area contributed by atoms with Gasteiger partial charge in [0.1, 0.15) is 10.6 Å². The summed E-state index contributed by atoms with van der Waals surface area (Å²) in [6, 6.07) is 12.1. The molecule has 0 saturated carbocycles. The molecule has 0 fully saturated rings. The van der Waals surface area contributed by atoms with Gasteiger partial charge >= 0.3 is 0 Å². The molecule has 3 rings (SSSR count). The van der Waals surface area contributed by atoms with E-state index in [2.05, 4.69) is 30.1 Å². The summed E-state index contributed by atoms with van der Waals surface area (Å²) in [6.07, 6.45) is 8.65. The summed E-state index contributed by atoms with van der Waals surface area (Å²) in [4.78, 5) is 17.1. The Labute approximate surface area is 221 Å². The second-order valence-corrected chi connectivity index (χ2v) is 11.1. The lowest BCUT2D eigenvalue weighted by atomic mass is 10.0. The van der Waals surface area contributed by atoms with Gasteiger partial charge in [-0.15, -0.1) is 0 Å². The fourth-order valence-electron chi connectivity index (χ4n) is 4.41. The first-order valence-electron chi connectivity index (χ1n) is 13.1. The molecule has 1 aliphatic rings. The van der Waals surface area contributed by atoms with Crippen LogP contribution in [0.5, 0.6) is 11.5 Å². The Balaban J connectivity index is 2.11. The normalized spacial score (nSPS) is 15.2. The van der Waals surface area contributed by atoms with Gasteiger partial charge in [-0.3, -0.25) is 4.79 Å². The van der Waals surface area contributed by atoms with Crippen molar-refractivity contribution in [3.63, 3.8) is 0 Å². The van der Waals surface area contributed by atoms with Crippen LogP contribution < -0.4 is 20.1 Å². The maximum Gasteiger partial charge on any atom is 0.253 e. The number of carbonyl (C=O) groups excluding carboxylic acids is 1. The zero-order valence-electron chi connectivity index (χ0n) is 22.2. The lowest BCUT2D eigenvalue weighted by molar-refractivity contribution is 0.0771. The van der Waals surface area contributed by atoms with E-state index in [0.29, 0.717) is 31.1 Å². The van der Waals surface area contributed by atoms with Crippen LogP contribution in [0.25, 0.3) is 0 Å². The number of carbonyl (C=O) groups is 1. The number of para-hydroxylation sites is 1. The Morgan fingerprint density at radius 3 is 2.35 bits per heavy atom. The predicted octanol–water partition coefficient (Wildman–Crippen LogP) is 4.73. The third-order valence-corrected chi connectivity index (χ3v) is 7.36. The van der Waals surface area contributed by atoms with E-state index in [9.17, 15) is 13.2 Å². The Bertz CT molecular complexity index is 1160. The fourth-order valence-corrected chi connectivity index (χ4v) is 5.10. The standard InChI is InChI=1S/C28H40N4O4S/c1-4-6-16-32(17-7-5-2)25-18-23(28(33)31(3)21-22-12-11-15-30-20-22)19-26(37(29,34)35)27(25)36-24-13-9-8-10-14-24/h8-11,13-15,18-19,22,30H,4-7,12,16-17,20-21H2,1-3H3,(H2,29,34,35)/t22-/m0/s1. The Kier molecular flexibility index (Phi) is 10.4. The van der Waals surface area contributed by atoms with Gasteiger partial charge in [0.15, 0.2) is 5.75 Å². The molecule has 1 aliphatic heterocycles. The summed E-state index contributed by atoms with van der Waals surface area (Å²) in [5, 5.41) is 8.91. The second kappa shape index (κ2) is 13.5. The van der Waals surface area contributed by atoms with Crippen LogP contribution in [0.2, 0.25) is 0 Å². The van der Waals surface area contributed by atoms with Crippen molar-refractivity contribution in [3.05, 3.63) is 60.3 Å². The van der Waals surface area contributed by atoms with E-state index >= 15 is 0 Å². The maximum absolute atomic E-state index is 13.6. The second-order valence-electron chi connectivity index (χ2n) is 9.57. The number of benzene rings is 2. The molecular formula is C28H40N4O4S. The molecule has 202 valence electrons. The zero-order chi connectivity index (χ0) is 26.8. The van der Waals surface area contributed by atoms with Crippen molar-refractivity contribution < 1.29 is 17.9 Å². The van der Waals surface area contributed by atoms with E-state index in [1.807, 2.05) is 24.4 Å². The predicted molar refractivity (Wildman–Crippen MR) is 149 cm³/mol. The number of nitrogens with one attached hydrogen (secondary N) is 1. The van der Waals surface area contributed by atoms with Crippen molar-refractivity contribution in [2.45, 2.75) is 50.8 Å². The molecule has 0 radical (unpaired) electrons. The quantitative estimate of drug-likeness (QED) is 0.390. The molecule has 37 heavy (non-hydrogen) atoms. The van der Waals surface area contributed by atoms with Gasteiger partial charge in [0.25, 0.3) is 5.91 Å². The molecule has 0 spiro atoms. The first-order chi connectivity index (χ1) is 17.7. The molecule has 1 heterocycles. The fraction of sp³-hybridized carbons (Fsp3) is 0.464. The molecule has 0 unspecified atom stereocenters. The minimum atomic E-state index is -4.20. The number of nitrogens with zero attached hydrogens (tertiary/aromatic N) is 2. The zero-order valence-corrected chi connectivity index (χ0v) is 23.0. The number of primary sulfonamides is 1. The number of hydrogen-bond acceptors (Lipinski definition) is 6. The molecule has 9 heteroatoms. The lowest BCUT2D eigenvalue weighted by Crippen LogP contribution is -2.36. The van der Waals surface area contributed by atoms with E-state index < -0.39 is 10.0 Å². The monoisotopic (exact) mass is 528 g/mol. The minimum Gasteiger partial charge on any atom is -0.454 e. The lowest BCUT2D eigenvalue weighted by Gasteiger charge is -2.29. The van der Waals surface area contributed by atoms with Crippen molar-refractivity contribution >= 4 is 21.6 Å². The van der Waals surface area contributed by atoms with E-state index in [-0.39, 0.29) is 28.0 Å². The summed E-state index contributed by atoms with van der Waals surface area (Å²) in [6.45, 7) is 6.97. The molecule has 2 aromatic carbocycles. The number of hydrogen-bond donors (Lipinski definition) is 2. The highest BCUT2D eigenvalue weighted by Crippen LogP contribution is 2.40. The highest BCUT2D eigenvalue weighted by molar-refractivity contribution is 7.89. The van der Waals surface area contributed by atoms with Crippen molar-refractivity contribution in [3.8, 4) is 11.5 Å². The molecule has 0 aliphatic carbocycles. The van der Waals surface area contributed by atoms with E-state index in [0.717, 1.165) is 38.6 Å². The minimum absolute atomic E-state index is 0.154. The molecule has 2 aromatic rings. The van der Waals surface area contributed by atoms with Crippen LogP contribution in [-0.4, -0.2) is 52.5 Å². The number of unbranched alkanes of at least 4 members (excludes halogenated alkanes) is 2. The first kappa shape index (κ1) is 28.5. The number of amides is 1. The Morgan fingerprint density at radius 2 is 1.78 bits per heavy atom. The molecule has 8 nitrogen and oxygen atoms in total. The van der Waals surface area contributed by atoms with Crippen LogP contribution in [0.15, 0.2) is 59.6 Å². The van der Waals surface area contributed by atoms with Gasteiger partial charge < -0.3 is 19.9 Å². The Hall–Kier alpha value is -3.04. The van der Waals surface area contributed by atoms with Crippen LogP contribution in [0.4, 0.5) is 5.69 Å². The van der Waals surface area contributed by atoms with Crippen molar-refractivity contribution in [1.82, 2.24) is 10.2 Å². The van der Waals surface area contributed by atoms with Gasteiger partial charge in [0.05, 0.1) is 5.69 Å². The summed E-state index contributed by atoms with van der Waals surface area (Å²) in [5.41, 5.74) is 0.843. The number of sulfonamides is 1. The van der Waals surface area contributed by atoms with Crippen LogP contribution >= 0.6 is 0 Å². The highest BCUT2D eigenvalue weighted by atomic mass is 32.2. The molecule has 0 saturated heterocycles. The number of nitrogens with two attached hydrogens (primary N) is 1. The van der Waals surface area contributed by atoms with Crippen molar-refractivity contribution in [2.24, 2.45) is 11.1 Å². The van der Waals surface area contributed by atoms with E-state index in [1.54, 1.807) is 30.1 Å². The molecule has 0 bridgehead atoms. The van der Waals surface area contributed by atoms with Gasteiger partial charge in [0.2, 0.25) is 10.0 Å². The number of ether oxygens (including phenoxy) is 1. The summed E-state index contributed by atoms with van der Waals surface area (Å²) in [7, 11) is -2.45. The SMILES string of the molecule is CCCCN(CCCC)c1cc(C(=O)N(C)C[C@H]2CC=CNC2)cc(S(N)(=O)=O)c1Oc1ccccc1. The molecular weight excluding hydrogens is 488 g/mol. The molecule has 1 amide bonds. The average molecular weight is 529 g/mol. The largest absolute Gasteiger partial charge is 0.454 e. The Morgan fingerprint density at radius 1 is 1.11 bits per heavy atom. The van der Waals surface area contributed by atoms with Crippen LogP contribution in [0.3, 0.4) is 0 Å². The van der Waals surface area contributed by atoms with Crippen LogP contribution in [0.1, 0.15) is 56.3 Å². The summed E-state index contributed by atoms with van der Waals surface area (Å²) >= 11 is 0. The van der Waals surface area contributed by atoms with E-state index in [1.165, 1.54) is 6.07 Å². The van der Waals surface area contributed by atoms with Gasteiger partial charge in [0, 0.05) is 38.8 Å². The topological polar surface area (TPSA) is 105 Å². The summed E-state index contributed by atoms with van der Waals surface area (Å²) in [5.74, 6) is 0.677. The number of allylic oxidation sites excluding steroid dienone is 1. The van der Waals surface area contributed by atoms with Crippen molar-refractivity contribution in [2.75, 3.05) is 38.1 Å². The van der Waals surface area contributed by atoms with Crippen LogP contribution in [0, 0.1) is 5.92 Å². The third-order valence-electron chi connectivity index (χ3n) is 6.45. The molecule has 3 N–H and O–H groups in total. The maximum atomic E-state index is 13.6. The third kappa shape index (κ3) is 7.97. The van der Waals surface area contributed by atoms with Gasteiger partial charge in [-0.05, 0) is 55.6 Å². The number of rotatable bonds is 13. The summed E-state index contributed by atoms with van der Waals surface area (Å²) < 4.78 is 31.9. The average Bonchev–Trinajstić information content (AvgIpc) is 2.89. The van der Waals surface area contributed by atoms with Crippen molar-refractivity contribution in [1.29, 1.82) is 0 Å². The molecule has 1 atom stereocenters. The van der Waals surface area contributed by atoms with Crippen LogP contribution in [-0.2, 0) is 10.0 Å². The number of anilines is 1. The smallest absolute Gasteiger partial charge is 0.253 e. The van der Waals surface area contributed by atoms with Gasteiger partial charge in [-0.2, -0.15) is 0 Å². The molecule has 0 aromatic heterocycles.